The SMILES string of the molecule is CCOC(=O)/C(C#N)=C\Nc1n[nH]c2nc3c(cc12)CCCC3. The van der Waals surface area contributed by atoms with Gasteiger partial charge in [-0.1, -0.05) is 0 Å². The molecule has 0 aliphatic heterocycles. The summed E-state index contributed by atoms with van der Waals surface area (Å²) < 4.78 is 4.82. The van der Waals surface area contributed by atoms with Crippen molar-refractivity contribution in [2.24, 2.45) is 0 Å². The van der Waals surface area contributed by atoms with Gasteiger partial charge in [-0.2, -0.15) is 10.4 Å². The van der Waals surface area contributed by atoms with Gasteiger partial charge < -0.3 is 10.1 Å². The molecule has 7 heteroatoms. The van der Waals surface area contributed by atoms with Gasteiger partial charge in [0.2, 0.25) is 0 Å². The highest BCUT2D eigenvalue weighted by Gasteiger charge is 2.15. The van der Waals surface area contributed by atoms with Crippen molar-refractivity contribution in [3.63, 3.8) is 0 Å². The van der Waals surface area contributed by atoms with Crippen LogP contribution in [-0.2, 0) is 22.4 Å². The summed E-state index contributed by atoms with van der Waals surface area (Å²) in [6, 6.07) is 3.89. The molecule has 0 saturated carbocycles. The van der Waals surface area contributed by atoms with Crippen molar-refractivity contribution in [1.82, 2.24) is 15.2 Å². The van der Waals surface area contributed by atoms with E-state index in [0.717, 1.165) is 23.9 Å². The monoisotopic (exact) mass is 311 g/mol. The fourth-order valence-electron chi connectivity index (χ4n) is 2.66. The topological polar surface area (TPSA) is 104 Å². The van der Waals surface area contributed by atoms with Crippen molar-refractivity contribution in [3.8, 4) is 6.07 Å². The third-order valence-corrected chi connectivity index (χ3v) is 3.80. The van der Waals surface area contributed by atoms with Gasteiger partial charge in [-0.25, -0.2) is 9.78 Å². The number of esters is 1. The summed E-state index contributed by atoms with van der Waals surface area (Å²) in [4.78, 5) is 16.2. The first-order valence-electron chi connectivity index (χ1n) is 7.63. The van der Waals surface area contributed by atoms with E-state index in [4.69, 9.17) is 10.00 Å². The molecule has 0 amide bonds. The van der Waals surface area contributed by atoms with Crippen LogP contribution < -0.4 is 5.32 Å². The lowest BCUT2D eigenvalue weighted by Gasteiger charge is -2.14. The van der Waals surface area contributed by atoms with Gasteiger partial charge in [-0.05, 0) is 44.2 Å². The van der Waals surface area contributed by atoms with Crippen LogP contribution in [0.25, 0.3) is 11.0 Å². The molecule has 118 valence electrons. The molecule has 0 radical (unpaired) electrons. The van der Waals surface area contributed by atoms with Crippen LogP contribution in [0.1, 0.15) is 31.0 Å². The average molecular weight is 311 g/mol. The summed E-state index contributed by atoms with van der Waals surface area (Å²) in [5, 5.41) is 19.8. The van der Waals surface area contributed by atoms with Crippen LogP contribution in [-0.4, -0.2) is 27.8 Å². The van der Waals surface area contributed by atoms with Crippen LogP contribution in [0.15, 0.2) is 17.8 Å². The van der Waals surface area contributed by atoms with Gasteiger partial charge in [0.05, 0.1) is 12.0 Å². The van der Waals surface area contributed by atoms with Gasteiger partial charge in [-0.15, -0.1) is 0 Å². The lowest BCUT2D eigenvalue weighted by molar-refractivity contribution is -0.138. The minimum atomic E-state index is -0.655. The molecule has 1 aliphatic rings. The number of hydrogen-bond acceptors (Lipinski definition) is 6. The number of H-pyrrole nitrogens is 1. The van der Waals surface area contributed by atoms with Crippen molar-refractivity contribution < 1.29 is 9.53 Å². The summed E-state index contributed by atoms with van der Waals surface area (Å²) in [7, 11) is 0. The number of anilines is 1. The van der Waals surface area contributed by atoms with Crippen LogP contribution in [0.5, 0.6) is 0 Å². The molecule has 2 N–H and O–H groups in total. The van der Waals surface area contributed by atoms with Gasteiger partial charge in [-0.3, -0.25) is 5.10 Å². The van der Waals surface area contributed by atoms with Crippen molar-refractivity contribution >= 4 is 22.8 Å². The molecular weight excluding hydrogens is 294 g/mol. The molecular formula is C16H17N5O2. The molecule has 2 aromatic rings. The Balaban J connectivity index is 1.89. The first kappa shape index (κ1) is 15.0. The molecule has 0 unspecified atom stereocenters. The first-order chi connectivity index (χ1) is 11.2. The molecule has 1 aliphatic carbocycles. The van der Waals surface area contributed by atoms with Gasteiger partial charge in [0, 0.05) is 11.9 Å². The molecule has 23 heavy (non-hydrogen) atoms. The second kappa shape index (κ2) is 6.48. The Bertz CT molecular complexity index is 816. The van der Waals surface area contributed by atoms with Crippen LogP contribution in [0, 0.1) is 11.3 Å². The molecule has 0 aromatic carbocycles. The Morgan fingerprint density at radius 2 is 2.35 bits per heavy atom. The number of nitrogens with one attached hydrogen (secondary N) is 2. The zero-order valence-electron chi connectivity index (χ0n) is 12.8. The Labute approximate surface area is 133 Å². The largest absolute Gasteiger partial charge is 0.462 e. The number of aromatic amines is 1. The molecule has 0 fully saturated rings. The van der Waals surface area contributed by atoms with Gasteiger partial charge in [0.25, 0.3) is 0 Å². The molecule has 0 saturated heterocycles. The number of fused-ring (bicyclic) bond motifs is 2. The van der Waals surface area contributed by atoms with Gasteiger partial charge in [0.1, 0.15) is 6.07 Å². The van der Waals surface area contributed by atoms with E-state index in [9.17, 15) is 4.79 Å². The second-order valence-corrected chi connectivity index (χ2v) is 5.30. The van der Waals surface area contributed by atoms with Crippen molar-refractivity contribution in [2.45, 2.75) is 32.6 Å². The normalized spacial score (nSPS) is 14.2. The predicted octanol–water partition coefficient (Wildman–Crippen LogP) is 2.22. The Morgan fingerprint density at radius 3 is 3.13 bits per heavy atom. The fourth-order valence-corrected chi connectivity index (χ4v) is 2.66. The number of nitrogens with zero attached hydrogens (tertiary/aromatic N) is 3. The molecule has 7 nitrogen and oxygen atoms in total. The van der Waals surface area contributed by atoms with Crippen LogP contribution in [0.3, 0.4) is 0 Å². The summed E-state index contributed by atoms with van der Waals surface area (Å²) >= 11 is 0. The van der Waals surface area contributed by atoms with E-state index < -0.39 is 5.97 Å². The van der Waals surface area contributed by atoms with E-state index >= 15 is 0 Å². The number of rotatable bonds is 4. The smallest absolute Gasteiger partial charge is 0.350 e. The summed E-state index contributed by atoms with van der Waals surface area (Å²) in [6.07, 6.45) is 5.66. The van der Waals surface area contributed by atoms with Crippen LogP contribution in [0.4, 0.5) is 5.82 Å². The number of carbonyl (C=O) groups excluding carboxylic acids is 1. The number of aryl methyl sites for hydroxylation is 2. The Kier molecular flexibility index (Phi) is 4.24. The molecule has 0 bridgehead atoms. The summed E-state index contributed by atoms with van der Waals surface area (Å²) in [6.45, 7) is 1.91. The minimum absolute atomic E-state index is 0.103. The van der Waals surface area contributed by atoms with Crippen LogP contribution in [0.2, 0.25) is 0 Å². The molecule has 2 heterocycles. The van der Waals surface area contributed by atoms with E-state index in [1.54, 1.807) is 6.92 Å². The maximum absolute atomic E-state index is 11.6. The van der Waals surface area contributed by atoms with Crippen molar-refractivity contribution in [3.05, 3.63) is 29.1 Å². The minimum Gasteiger partial charge on any atom is -0.462 e. The second-order valence-electron chi connectivity index (χ2n) is 5.30. The zero-order valence-corrected chi connectivity index (χ0v) is 12.8. The summed E-state index contributed by atoms with van der Waals surface area (Å²) in [5.41, 5.74) is 2.96. The lowest BCUT2D eigenvalue weighted by Crippen LogP contribution is -2.08. The highest BCUT2D eigenvalue weighted by Crippen LogP contribution is 2.26. The average Bonchev–Trinajstić information content (AvgIpc) is 2.95. The number of ether oxygens (including phenoxy) is 1. The Hall–Kier alpha value is -2.88. The number of aromatic nitrogens is 3. The van der Waals surface area contributed by atoms with E-state index in [1.807, 2.05) is 6.07 Å². The number of pyridine rings is 1. The predicted molar refractivity (Wildman–Crippen MR) is 84.5 cm³/mol. The van der Waals surface area contributed by atoms with E-state index in [-0.39, 0.29) is 12.2 Å². The lowest BCUT2D eigenvalue weighted by atomic mass is 9.95. The Morgan fingerprint density at radius 1 is 1.52 bits per heavy atom. The standard InChI is InChI=1S/C16H17N5O2/c1-2-23-16(22)11(8-17)9-18-14-12-7-10-5-3-4-6-13(10)19-15(12)21-20-14/h7,9H,2-6H2,1H3,(H2,18,19,20,21)/b11-9-. The van der Waals surface area contributed by atoms with Crippen LogP contribution >= 0.6 is 0 Å². The first-order valence-corrected chi connectivity index (χ1v) is 7.63. The molecule has 3 rings (SSSR count). The van der Waals surface area contributed by atoms with Gasteiger partial charge >= 0.3 is 5.97 Å². The van der Waals surface area contributed by atoms with Crippen molar-refractivity contribution in [2.75, 3.05) is 11.9 Å². The number of carbonyl (C=O) groups is 1. The maximum atomic E-state index is 11.6. The number of nitriles is 1. The summed E-state index contributed by atoms with van der Waals surface area (Å²) in [5.74, 6) is -0.115. The molecule has 2 aromatic heterocycles. The van der Waals surface area contributed by atoms with Gasteiger partial charge in [0.15, 0.2) is 17.0 Å². The zero-order chi connectivity index (χ0) is 16.2. The highest BCUT2D eigenvalue weighted by molar-refractivity contribution is 5.94. The fraction of sp³-hybridized carbons (Fsp3) is 0.375. The quantitative estimate of drug-likeness (QED) is 0.510. The molecule has 0 atom stereocenters. The van der Waals surface area contributed by atoms with E-state index in [2.05, 4.69) is 26.6 Å². The van der Waals surface area contributed by atoms with E-state index in [1.165, 1.54) is 24.6 Å². The third-order valence-electron chi connectivity index (χ3n) is 3.80. The maximum Gasteiger partial charge on any atom is 0.350 e. The highest BCUT2D eigenvalue weighted by atomic mass is 16.5. The van der Waals surface area contributed by atoms with E-state index in [0.29, 0.717) is 11.5 Å². The number of hydrogen-bond donors (Lipinski definition) is 2. The third kappa shape index (κ3) is 3.01. The van der Waals surface area contributed by atoms with Crippen molar-refractivity contribution in [1.29, 1.82) is 5.26 Å². The molecule has 0 spiro atoms.